The van der Waals surface area contributed by atoms with Crippen molar-refractivity contribution in [3.63, 3.8) is 0 Å². The van der Waals surface area contributed by atoms with Gasteiger partial charge in [-0.2, -0.15) is 0 Å². The Morgan fingerprint density at radius 3 is 2.69 bits per heavy atom. The lowest BCUT2D eigenvalue weighted by molar-refractivity contribution is -0.150. The maximum Gasteiger partial charge on any atom is 0.352 e. The molecular formula is C19H19N5O5S3. The number of nitrogens with one attached hydrogen (secondary N) is 1. The second kappa shape index (κ2) is 9.10. The summed E-state index contributed by atoms with van der Waals surface area (Å²) in [6, 6.07) is 4.01. The number of hydrogen-bond donors (Lipinski definition) is 4. The van der Waals surface area contributed by atoms with Crippen molar-refractivity contribution in [1.29, 1.82) is 0 Å². The molecular weight excluding hydrogens is 474 g/mol. The van der Waals surface area contributed by atoms with Crippen molar-refractivity contribution >= 4 is 52.6 Å². The highest BCUT2D eigenvalue weighted by atomic mass is 32.2. The molecule has 3 heterocycles. The molecule has 0 spiro atoms. The molecule has 2 amide bonds. The minimum Gasteiger partial charge on any atom is -0.508 e. The molecule has 32 heavy (non-hydrogen) atoms. The van der Waals surface area contributed by atoms with Gasteiger partial charge in [-0.1, -0.05) is 35.2 Å². The highest BCUT2D eigenvalue weighted by molar-refractivity contribution is 8.01. The van der Waals surface area contributed by atoms with Crippen LogP contribution < -0.4 is 11.1 Å². The van der Waals surface area contributed by atoms with E-state index in [1.165, 1.54) is 64.0 Å². The molecule has 0 radical (unpaired) electrons. The number of phenolic OH excluding ortho intramolecular Hbond substituents is 1. The monoisotopic (exact) mass is 493 g/mol. The molecule has 1 fully saturated rings. The fourth-order valence-corrected chi connectivity index (χ4v) is 6.66. The molecule has 1 aromatic heterocycles. The fourth-order valence-electron chi connectivity index (χ4n) is 3.36. The van der Waals surface area contributed by atoms with Crippen LogP contribution in [0.1, 0.15) is 16.6 Å². The zero-order chi connectivity index (χ0) is 23.0. The van der Waals surface area contributed by atoms with Gasteiger partial charge < -0.3 is 21.3 Å². The molecule has 0 aliphatic carbocycles. The van der Waals surface area contributed by atoms with E-state index in [1.54, 1.807) is 0 Å². The van der Waals surface area contributed by atoms with Crippen molar-refractivity contribution in [1.82, 2.24) is 20.4 Å². The molecule has 2 aromatic rings. The summed E-state index contributed by atoms with van der Waals surface area (Å²) in [6.07, 6.45) is 0. The van der Waals surface area contributed by atoms with Crippen LogP contribution in [0.25, 0.3) is 0 Å². The van der Waals surface area contributed by atoms with E-state index < -0.39 is 35.2 Å². The van der Waals surface area contributed by atoms with Crippen molar-refractivity contribution in [2.45, 2.75) is 28.7 Å². The Morgan fingerprint density at radius 1 is 1.34 bits per heavy atom. The van der Waals surface area contributed by atoms with Gasteiger partial charge in [0.1, 0.15) is 33.9 Å². The number of carbonyl (C=O) groups excluding carboxylic acids is 2. The van der Waals surface area contributed by atoms with Crippen LogP contribution in [-0.2, 0) is 14.4 Å². The minimum absolute atomic E-state index is 0.0409. The Hall–Kier alpha value is -2.61. The Morgan fingerprint density at radius 2 is 2.06 bits per heavy atom. The van der Waals surface area contributed by atoms with Gasteiger partial charge in [0, 0.05) is 11.5 Å². The number of aliphatic carboxylic acids is 1. The summed E-state index contributed by atoms with van der Waals surface area (Å²) in [5.41, 5.74) is 7.05. The second-order valence-electron chi connectivity index (χ2n) is 7.10. The van der Waals surface area contributed by atoms with Gasteiger partial charge in [-0.3, -0.25) is 14.5 Å². The van der Waals surface area contributed by atoms with E-state index in [9.17, 15) is 24.6 Å². The summed E-state index contributed by atoms with van der Waals surface area (Å²) < 4.78 is 0.732. The summed E-state index contributed by atoms with van der Waals surface area (Å²) in [4.78, 5) is 38.5. The number of fused-ring (bicyclic) bond motifs is 1. The van der Waals surface area contributed by atoms with Crippen LogP contribution >= 0.6 is 34.9 Å². The number of amides is 2. The van der Waals surface area contributed by atoms with Crippen molar-refractivity contribution in [2.75, 3.05) is 11.5 Å². The first kappa shape index (κ1) is 22.6. The molecule has 13 heteroatoms. The predicted octanol–water partition coefficient (Wildman–Crippen LogP) is 1.08. The third-order valence-electron chi connectivity index (χ3n) is 4.96. The number of nitrogens with zero attached hydrogens (tertiary/aromatic N) is 3. The highest BCUT2D eigenvalue weighted by Gasteiger charge is 2.54. The van der Waals surface area contributed by atoms with Gasteiger partial charge in [-0.05, 0) is 30.2 Å². The fraction of sp³-hybridized carbons (Fsp3) is 0.316. The molecule has 10 nitrogen and oxygen atoms in total. The molecule has 1 aromatic carbocycles. The van der Waals surface area contributed by atoms with Gasteiger partial charge in [-0.15, -0.1) is 22.0 Å². The summed E-state index contributed by atoms with van der Waals surface area (Å²) in [6.45, 7) is 1.84. The lowest BCUT2D eigenvalue weighted by Gasteiger charge is -2.49. The van der Waals surface area contributed by atoms with Gasteiger partial charge in [-0.25, -0.2) is 4.79 Å². The summed E-state index contributed by atoms with van der Waals surface area (Å²) in [5.74, 6) is -1.38. The van der Waals surface area contributed by atoms with Gasteiger partial charge in [0.25, 0.3) is 5.91 Å². The van der Waals surface area contributed by atoms with Crippen LogP contribution in [0.4, 0.5) is 0 Å². The number of nitrogens with two attached hydrogens (primary N) is 1. The number of aryl methyl sites for hydroxylation is 1. The Labute approximate surface area is 195 Å². The standard InChI is InChI=1S/C19H19N5O5S3/c1-8-22-23-19(32-8)31-7-10-6-30-17-13(16(27)24(17)14(10)18(28)29)21-15(26)12(20)9-2-4-11(25)5-3-9/h2-5,12-13,17,25H,6-7,20H2,1H3,(H,21,26)(H,28,29). The zero-order valence-corrected chi connectivity index (χ0v) is 19.2. The number of carboxylic acids is 1. The molecule has 2 aliphatic heterocycles. The number of phenols is 1. The minimum atomic E-state index is -1.18. The van der Waals surface area contributed by atoms with Crippen molar-refractivity contribution in [3.8, 4) is 5.75 Å². The van der Waals surface area contributed by atoms with Crippen LogP contribution in [0, 0.1) is 6.92 Å². The molecule has 3 unspecified atom stereocenters. The van der Waals surface area contributed by atoms with Gasteiger partial charge in [0.05, 0.1) is 0 Å². The zero-order valence-electron chi connectivity index (χ0n) is 16.7. The van der Waals surface area contributed by atoms with E-state index in [1.807, 2.05) is 6.92 Å². The van der Waals surface area contributed by atoms with Crippen LogP contribution in [0.5, 0.6) is 5.75 Å². The molecule has 5 N–H and O–H groups in total. The van der Waals surface area contributed by atoms with Gasteiger partial charge in [0.2, 0.25) is 5.91 Å². The van der Waals surface area contributed by atoms with Gasteiger partial charge >= 0.3 is 5.97 Å². The van der Waals surface area contributed by atoms with E-state index in [2.05, 4.69) is 15.5 Å². The molecule has 3 atom stereocenters. The summed E-state index contributed by atoms with van der Waals surface area (Å²) >= 11 is 4.20. The van der Waals surface area contributed by atoms with Crippen molar-refractivity contribution in [3.05, 3.63) is 46.1 Å². The Balaban J connectivity index is 1.45. The number of β-lactam (4-membered cyclic amide) rings is 1. The first-order valence-corrected chi connectivity index (χ1v) is 12.3. The average Bonchev–Trinajstić information content (AvgIpc) is 3.20. The average molecular weight is 494 g/mol. The highest BCUT2D eigenvalue weighted by Crippen LogP contribution is 2.42. The quantitative estimate of drug-likeness (QED) is 0.325. The Kier molecular flexibility index (Phi) is 6.42. The van der Waals surface area contributed by atoms with E-state index in [4.69, 9.17) is 5.73 Å². The maximum absolute atomic E-state index is 12.8. The summed E-state index contributed by atoms with van der Waals surface area (Å²) in [7, 11) is 0. The lowest BCUT2D eigenvalue weighted by Crippen LogP contribution is -2.71. The number of benzene rings is 1. The Bertz CT molecular complexity index is 1100. The van der Waals surface area contributed by atoms with E-state index in [0.717, 1.165) is 9.35 Å². The van der Waals surface area contributed by atoms with E-state index >= 15 is 0 Å². The lowest BCUT2D eigenvalue weighted by atomic mass is 10.0. The second-order valence-corrected chi connectivity index (χ2v) is 10.6. The van der Waals surface area contributed by atoms with E-state index in [-0.39, 0.29) is 11.4 Å². The third kappa shape index (κ3) is 4.33. The number of carbonyl (C=O) groups is 3. The number of aromatic nitrogens is 2. The maximum atomic E-state index is 12.8. The summed E-state index contributed by atoms with van der Waals surface area (Å²) in [5, 5.41) is 30.0. The number of thioether (sulfide) groups is 2. The van der Waals surface area contributed by atoms with Crippen molar-refractivity contribution in [2.24, 2.45) is 5.73 Å². The normalized spacial score (nSPS) is 21.1. The first-order valence-electron chi connectivity index (χ1n) is 9.44. The number of carboxylic acid groups (broad SMARTS) is 1. The molecule has 168 valence electrons. The first-order chi connectivity index (χ1) is 15.3. The van der Waals surface area contributed by atoms with Crippen LogP contribution in [0.2, 0.25) is 0 Å². The predicted molar refractivity (Wildman–Crippen MR) is 120 cm³/mol. The molecule has 4 rings (SSSR count). The number of hydrogen-bond acceptors (Lipinski definition) is 10. The number of rotatable bonds is 7. The van der Waals surface area contributed by atoms with Crippen LogP contribution in [0.3, 0.4) is 0 Å². The third-order valence-corrected chi connectivity index (χ3v) is 8.36. The largest absolute Gasteiger partial charge is 0.508 e. The SMILES string of the molecule is Cc1nnc(SCC2=C(C(=O)O)N3C(=O)C(NC(=O)C(N)c4ccc(O)cc4)C3SC2)s1. The smallest absolute Gasteiger partial charge is 0.352 e. The topological polar surface area (TPSA) is 159 Å². The molecule has 2 aliphatic rings. The van der Waals surface area contributed by atoms with E-state index in [0.29, 0.717) is 22.6 Å². The van der Waals surface area contributed by atoms with Gasteiger partial charge in [0.15, 0.2) is 4.34 Å². The van der Waals surface area contributed by atoms with Crippen LogP contribution in [0.15, 0.2) is 39.9 Å². The van der Waals surface area contributed by atoms with Crippen LogP contribution in [-0.4, -0.2) is 66.0 Å². The molecule has 0 bridgehead atoms. The van der Waals surface area contributed by atoms with Crippen molar-refractivity contribution < 1.29 is 24.6 Å². The molecule has 1 saturated heterocycles. The number of aromatic hydroxyl groups is 1. The molecule has 0 saturated carbocycles.